The number of nitrogens with two attached hydrogens (primary N) is 1. The van der Waals surface area contributed by atoms with Crippen LogP contribution >= 0.6 is 0 Å². The summed E-state index contributed by atoms with van der Waals surface area (Å²) in [7, 11) is 5.30. The lowest BCUT2D eigenvalue weighted by atomic mass is 10.5. The smallest absolute Gasteiger partial charge is 0.225 e. The fourth-order valence-electron chi connectivity index (χ4n) is 0.764. The topological polar surface area (TPSA) is 64.3 Å². The van der Waals surface area contributed by atoms with Crippen LogP contribution in [0.1, 0.15) is 0 Å². The highest BCUT2D eigenvalue weighted by Gasteiger charge is 2.02. The lowest BCUT2D eigenvalue weighted by Crippen LogP contribution is -2.12. The highest BCUT2D eigenvalue weighted by molar-refractivity contribution is 5.43. The second kappa shape index (κ2) is 3.25. The van der Waals surface area contributed by atoms with Gasteiger partial charge in [0, 0.05) is 20.2 Å². The number of ether oxygens (including phenoxy) is 1. The Morgan fingerprint density at radius 3 is 2.58 bits per heavy atom. The summed E-state index contributed by atoms with van der Waals surface area (Å²) in [5.74, 6) is 1.43. The minimum atomic E-state index is 0.220. The van der Waals surface area contributed by atoms with Crippen LogP contribution in [-0.4, -0.2) is 31.2 Å². The van der Waals surface area contributed by atoms with Gasteiger partial charge >= 0.3 is 0 Å². The lowest BCUT2D eigenvalue weighted by molar-refractivity contribution is 0.398. The maximum atomic E-state index is 5.44. The Morgan fingerprint density at radius 1 is 1.42 bits per heavy atom. The maximum Gasteiger partial charge on any atom is 0.225 e. The molecule has 0 fully saturated rings. The number of rotatable bonds is 2. The van der Waals surface area contributed by atoms with Crippen LogP contribution < -0.4 is 15.4 Å². The van der Waals surface area contributed by atoms with Crippen molar-refractivity contribution in [1.82, 2.24) is 9.97 Å². The van der Waals surface area contributed by atoms with Crippen molar-refractivity contribution in [2.75, 3.05) is 31.8 Å². The predicted molar refractivity (Wildman–Crippen MR) is 47.3 cm³/mol. The first-order valence-corrected chi connectivity index (χ1v) is 3.49. The number of nitrogen functional groups attached to an aromatic ring is 1. The van der Waals surface area contributed by atoms with E-state index >= 15 is 0 Å². The summed E-state index contributed by atoms with van der Waals surface area (Å²) >= 11 is 0. The molecule has 0 saturated heterocycles. The van der Waals surface area contributed by atoms with E-state index in [1.165, 1.54) is 0 Å². The molecule has 0 amide bonds. The van der Waals surface area contributed by atoms with E-state index in [-0.39, 0.29) is 5.95 Å². The molecule has 66 valence electrons. The van der Waals surface area contributed by atoms with Gasteiger partial charge in [0.05, 0.1) is 7.11 Å². The van der Waals surface area contributed by atoms with Crippen molar-refractivity contribution in [3.63, 3.8) is 0 Å². The third kappa shape index (κ3) is 1.75. The number of nitrogens with zero attached hydrogens (tertiary/aromatic N) is 3. The van der Waals surface area contributed by atoms with Crippen LogP contribution in [0.3, 0.4) is 0 Å². The molecule has 0 radical (unpaired) electrons. The van der Waals surface area contributed by atoms with Gasteiger partial charge in [-0.05, 0) is 0 Å². The first kappa shape index (κ1) is 8.58. The normalized spacial score (nSPS) is 9.58. The Balaban J connectivity index is 3.06. The molecule has 0 aliphatic heterocycles. The Labute approximate surface area is 71.2 Å². The van der Waals surface area contributed by atoms with Crippen LogP contribution in [0, 0.1) is 0 Å². The molecular formula is C7H12N4O. The van der Waals surface area contributed by atoms with E-state index in [1.807, 2.05) is 19.0 Å². The van der Waals surface area contributed by atoms with Gasteiger partial charge in [0.15, 0.2) is 0 Å². The summed E-state index contributed by atoms with van der Waals surface area (Å²) in [4.78, 5) is 9.68. The maximum absolute atomic E-state index is 5.44. The average molecular weight is 168 g/mol. The molecule has 2 N–H and O–H groups in total. The lowest BCUT2D eigenvalue weighted by Gasteiger charge is -2.11. The summed E-state index contributed by atoms with van der Waals surface area (Å²) in [6, 6.07) is 1.72. The summed E-state index contributed by atoms with van der Waals surface area (Å²) in [5.41, 5.74) is 5.44. The molecule has 0 aliphatic rings. The number of hydrogen-bond donors (Lipinski definition) is 1. The van der Waals surface area contributed by atoms with Crippen LogP contribution in [0.2, 0.25) is 0 Å². The molecule has 1 aromatic rings. The number of hydrogen-bond acceptors (Lipinski definition) is 5. The molecule has 12 heavy (non-hydrogen) atoms. The molecule has 1 rings (SSSR count). The molecule has 0 saturated carbocycles. The highest BCUT2D eigenvalue weighted by Crippen LogP contribution is 2.15. The van der Waals surface area contributed by atoms with Crippen LogP contribution in [0.4, 0.5) is 11.8 Å². The molecule has 5 nitrogen and oxygen atoms in total. The van der Waals surface area contributed by atoms with Crippen molar-refractivity contribution in [3.8, 4) is 5.88 Å². The van der Waals surface area contributed by atoms with E-state index in [9.17, 15) is 0 Å². The molecule has 0 spiro atoms. The SMILES string of the molecule is COc1cc(N(C)C)nc(N)n1. The van der Waals surface area contributed by atoms with Crippen molar-refractivity contribution in [3.05, 3.63) is 6.07 Å². The van der Waals surface area contributed by atoms with Crippen molar-refractivity contribution in [1.29, 1.82) is 0 Å². The van der Waals surface area contributed by atoms with Crippen LogP contribution in [0.15, 0.2) is 6.07 Å². The van der Waals surface area contributed by atoms with Gasteiger partial charge in [0.2, 0.25) is 11.8 Å². The summed E-state index contributed by atoms with van der Waals surface area (Å²) in [6.45, 7) is 0. The van der Waals surface area contributed by atoms with Gasteiger partial charge in [-0.3, -0.25) is 0 Å². The fourth-order valence-corrected chi connectivity index (χ4v) is 0.764. The standard InChI is InChI=1S/C7H12N4O/c1-11(2)5-4-6(12-3)10-7(8)9-5/h4H,1-3H3,(H2,8,9,10). The molecule has 1 aromatic heterocycles. The van der Waals surface area contributed by atoms with Crippen LogP contribution in [0.25, 0.3) is 0 Å². The number of aromatic nitrogens is 2. The average Bonchev–Trinajstić information content (AvgIpc) is 2.03. The third-order valence-corrected chi connectivity index (χ3v) is 1.37. The fraction of sp³-hybridized carbons (Fsp3) is 0.429. The minimum absolute atomic E-state index is 0.220. The van der Waals surface area contributed by atoms with Gasteiger partial charge in [0.1, 0.15) is 5.82 Å². The van der Waals surface area contributed by atoms with Gasteiger partial charge in [-0.1, -0.05) is 0 Å². The third-order valence-electron chi connectivity index (χ3n) is 1.37. The second-order valence-electron chi connectivity index (χ2n) is 2.52. The van der Waals surface area contributed by atoms with Crippen LogP contribution in [-0.2, 0) is 0 Å². The van der Waals surface area contributed by atoms with E-state index in [1.54, 1.807) is 13.2 Å². The van der Waals surface area contributed by atoms with E-state index in [0.717, 1.165) is 5.82 Å². The van der Waals surface area contributed by atoms with E-state index in [2.05, 4.69) is 9.97 Å². The Hall–Kier alpha value is -1.52. The zero-order valence-corrected chi connectivity index (χ0v) is 7.40. The predicted octanol–water partition coefficient (Wildman–Crippen LogP) is 0.133. The van der Waals surface area contributed by atoms with E-state index in [4.69, 9.17) is 10.5 Å². The quantitative estimate of drug-likeness (QED) is 0.680. The molecular weight excluding hydrogens is 156 g/mol. The molecule has 5 heteroatoms. The zero-order chi connectivity index (χ0) is 9.14. The molecule has 0 unspecified atom stereocenters. The van der Waals surface area contributed by atoms with Crippen LogP contribution in [0.5, 0.6) is 5.88 Å². The minimum Gasteiger partial charge on any atom is -0.481 e. The van der Waals surface area contributed by atoms with Crippen molar-refractivity contribution in [2.45, 2.75) is 0 Å². The highest BCUT2D eigenvalue weighted by atomic mass is 16.5. The molecule has 0 bridgehead atoms. The zero-order valence-electron chi connectivity index (χ0n) is 7.40. The van der Waals surface area contributed by atoms with E-state index < -0.39 is 0 Å². The van der Waals surface area contributed by atoms with Crippen molar-refractivity contribution < 1.29 is 4.74 Å². The summed E-state index contributed by atoms with van der Waals surface area (Å²) in [5, 5.41) is 0. The second-order valence-corrected chi connectivity index (χ2v) is 2.52. The Kier molecular flexibility index (Phi) is 2.32. The monoisotopic (exact) mass is 168 g/mol. The molecule has 1 heterocycles. The van der Waals surface area contributed by atoms with Gasteiger partial charge in [-0.15, -0.1) is 0 Å². The Morgan fingerprint density at radius 2 is 2.08 bits per heavy atom. The molecule has 0 atom stereocenters. The van der Waals surface area contributed by atoms with Crippen molar-refractivity contribution in [2.24, 2.45) is 0 Å². The summed E-state index contributed by atoms with van der Waals surface area (Å²) < 4.78 is 4.93. The Bertz CT molecular complexity index is 274. The first-order valence-electron chi connectivity index (χ1n) is 3.49. The number of anilines is 2. The van der Waals surface area contributed by atoms with E-state index in [0.29, 0.717) is 5.88 Å². The number of methoxy groups -OCH3 is 1. The van der Waals surface area contributed by atoms with Gasteiger partial charge in [0.25, 0.3) is 0 Å². The first-order chi connectivity index (χ1) is 5.63. The summed E-state index contributed by atoms with van der Waals surface area (Å²) in [6.07, 6.45) is 0. The van der Waals surface area contributed by atoms with Gasteiger partial charge in [-0.25, -0.2) is 0 Å². The van der Waals surface area contributed by atoms with Gasteiger partial charge < -0.3 is 15.4 Å². The van der Waals surface area contributed by atoms with Crippen molar-refractivity contribution >= 4 is 11.8 Å². The largest absolute Gasteiger partial charge is 0.481 e. The molecule has 0 aromatic carbocycles. The van der Waals surface area contributed by atoms with Gasteiger partial charge in [-0.2, -0.15) is 9.97 Å². The molecule has 0 aliphatic carbocycles.